The molecule has 2 N–H and O–H groups in total. The fourth-order valence-corrected chi connectivity index (χ4v) is 2.85. The Morgan fingerprint density at radius 3 is 2.61 bits per heavy atom. The number of benzene rings is 1. The van der Waals surface area contributed by atoms with Gasteiger partial charge in [0.25, 0.3) is 5.91 Å². The molecule has 1 heterocycles. The maximum absolute atomic E-state index is 12.3. The molecular formula is C18H27N3O2. The molecule has 0 bridgehead atoms. The molecule has 0 spiro atoms. The van der Waals surface area contributed by atoms with Crippen LogP contribution in [0, 0.1) is 5.92 Å². The molecule has 5 heteroatoms. The van der Waals surface area contributed by atoms with Crippen LogP contribution in [0.1, 0.15) is 43.0 Å². The number of carbonyl (C=O) groups is 2. The second-order valence-electron chi connectivity index (χ2n) is 6.30. The highest BCUT2D eigenvalue weighted by Gasteiger charge is 2.20. The van der Waals surface area contributed by atoms with Gasteiger partial charge in [0.05, 0.1) is 11.3 Å². The van der Waals surface area contributed by atoms with Crippen LogP contribution in [0.2, 0.25) is 0 Å². The van der Waals surface area contributed by atoms with Crippen molar-refractivity contribution in [2.45, 2.75) is 32.6 Å². The van der Waals surface area contributed by atoms with Crippen LogP contribution < -0.4 is 10.6 Å². The van der Waals surface area contributed by atoms with E-state index in [0.29, 0.717) is 30.1 Å². The van der Waals surface area contributed by atoms with Gasteiger partial charge in [0.15, 0.2) is 0 Å². The minimum atomic E-state index is -0.137. The van der Waals surface area contributed by atoms with Gasteiger partial charge in [-0.05, 0) is 57.5 Å². The van der Waals surface area contributed by atoms with Crippen LogP contribution in [0.4, 0.5) is 5.69 Å². The van der Waals surface area contributed by atoms with Crippen molar-refractivity contribution in [3.8, 4) is 0 Å². The summed E-state index contributed by atoms with van der Waals surface area (Å²) in [5.41, 5.74) is 1.12. The van der Waals surface area contributed by atoms with E-state index >= 15 is 0 Å². The molecule has 0 radical (unpaired) electrons. The first kappa shape index (κ1) is 17.5. The fourth-order valence-electron chi connectivity index (χ4n) is 2.85. The fraction of sp³-hybridized carbons (Fsp3) is 0.556. The summed E-state index contributed by atoms with van der Waals surface area (Å²) in [4.78, 5) is 26.8. The Kier molecular flexibility index (Phi) is 6.59. The highest BCUT2D eigenvalue weighted by Crippen LogP contribution is 2.21. The molecule has 1 saturated heterocycles. The zero-order chi connectivity index (χ0) is 16.7. The molecule has 1 aliphatic rings. The minimum absolute atomic E-state index is 0.00436. The van der Waals surface area contributed by atoms with Crippen molar-refractivity contribution in [3.63, 3.8) is 0 Å². The minimum Gasteiger partial charge on any atom is -0.352 e. The average Bonchev–Trinajstić information content (AvgIpc) is 2.55. The molecule has 23 heavy (non-hydrogen) atoms. The van der Waals surface area contributed by atoms with Gasteiger partial charge in [0.2, 0.25) is 5.91 Å². The molecule has 0 saturated carbocycles. The molecule has 2 rings (SSSR count). The first-order chi connectivity index (χ1) is 11.1. The zero-order valence-corrected chi connectivity index (χ0v) is 14.1. The molecular weight excluding hydrogens is 290 g/mol. The van der Waals surface area contributed by atoms with Crippen molar-refractivity contribution >= 4 is 17.5 Å². The van der Waals surface area contributed by atoms with Gasteiger partial charge in [-0.15, -0.1) is 0 Å². The third-order valence-corrected chi connectivity index (χ3v) is 4.29. The third-order valence-electron chi connectivity index (χ3n) is 4.29. The van der Waals surface area contributed by atoms with Crippen molar-refractivity contribution in [3.05, 3.63) is 29.8 Å². The summed E-state index contributed by atoms with van der Waals surface area (Å²) in [6.45, 7) is 4.74. The summed E-state index contributed by atoms with van der Waals surface area (Å²) in [6.07, 6.45) is 3.53. The van der Waals surface area contributed by atoms with E-state index in [9.17, 15) is 9.59 Å². The number of piperidine rings is 1. The van der Waals surface area contributed by atoms with E-state index in [4.69, 9.17) is 0 Å². The van der Waals surface area contributed by atoms with Gasteiger partial charge in [-0.3, -0.25) is 9.59 Å². The van der Waals surface area contributed by atoms with Gasteiger partial charge in [-0.1, -0.05) is 19.1 Å². The molecule has 1 aromatic carbocycles. The first-order valence-corrected chi connectivity index (χ1v) is 8.45. The summed E-state index contributed by atoms with van der Waals surface area (Å²) >= 11 is 0. The summed E-state index contributed by atoms with van der Waals surface area (Å²) in [5, 5.41) is 5.77. The first-order valence-electron chi connectivity index (χ1n) is 8.45. The van der Waals surface area contributed by atoms with Crippen LogP contribution >= 0.6 is 0 Å². The number of hydrogen-bond acceptors (Lipinski definition) is 3. The number of nitrogens with zero attached hydrogens (tertiary/aromatic N) is 1. The Morgan fingerprint density at radius 2 is 1.91 bits per heavy atom. The van der Waals surface area contributed by atoms with E-state index in [1.54, 1.807) is 12.1 Å². The lowest BCUT2D eigenvalue weighted by molar-refractivity contribution is -0.117. The molecule has 1 aliphatic heterocycles. The number of anilines is 1. The SMILES string of the molecule is CCCNC(=O)c1ccccc1NC(=O)CC1CCN(C)CC1. The Bertz CT molecular complexity index is 537. The Balaban J connectivity index is 1.94. The number of amides is 2. The van der Waals surface area contributed by atoms with Crippen LogP contribution in [0.5, 0.6) is 0 Å². The summed E-state index contributed by atoms with van der Waals surface area (Å²) in [6, 6.07) is 7.18. The van der Waals surface area contributed by atoms with Crippen molar-refractivity contribution in [1.82, 2.24) is 10.2 Å². The normalized spacial score (nSPS) is 16.1. The van der Waals surface area contributed by atoms with E-state index in [2.05, 4.69) is 22.6 Å². The van der Waals surface area contributed by atoms with Gasteiger partial charge in [-0.25, -0.2) is 0 Å². The number of para-hydroxylation sites is 1. The largest absolute Gasteiger partial charge is 0.352 e. The lowest BCUT2D eigenvalue weighted by Crippen LogP contribution is -2.32. The number of likely N-dealkylation sites (tertiary alicyclic amines) is 1. The smallest absolute Gasteiger partial charge is 0.253 e. The lowest BCUT2D eigenvalue weighted by Gasteiger charge is -2.28. The lowest BCUT2D eigenvalue weighted by atomic mass is 9.93. The van der Waals surface area contributed by atoms with Crippen LogP contribution in [0.25, 0.3) is 0 Å². The van der Waals surface area contributed by atoms with E-state index in [-0.39, 0.29) is 11.8 Å². The van der Waals surface area contributed by atoms with E-state index < -0.39 is 0 Å². The number of nitrogens with one attached hydrogen (secondary N) is 2. The summed E-state index contributed by atoms with van der Waals surface area (Å²) in [7, 11) is 2.11. The van der Waals surface area contributed by atoms with E-state index in [0.717, 1.165) is 32.4 Å². The Labute approximate surface area is 138 Å². The van der Waals surface area contributed by atoms with Crippen molar-refractivity contribution in [1.29, 1.82) is 0 Å². The van der Waals surface area contributed by atoms with Crippen LogP contribution in [-0.2, 0) is 4.79 Å². The van der Waals surface area contributed by atoms with Crippen LogP contribution in [-0.4, -0.2) is 43.4 Å². The molecule has 1 aromatic rings. The molecule has 0 unspecified atom stereocenters. The number of hydrogen-bond donors (Lipinski definition) is 2. The predicted octanol–water partition coefficient (Wildman–Crippen LogP) is 2.50. The quantitative estimate of drug-likeness (QED) is 0.847. The topological polar surface area (TPSA) is 61.4 Å². The molecule has 126 valence electrons. The maximum atomic E-state index is 12.3. The van der Waals surface area contributed by atoms with Crippen molar-refractivity contribution in [2.75, 3.05) is 32.0 Å². The molecule has 2 amide bonds. The van der Waals surface area contributed by atoms with Gasteiger partial charge in [-0.2, -0.15) is 0 Å². The van der Waals surface area contributed by atoms with E-state index in [1.807, 2.05) is 19.1 Å². The van der Waals surface area contributed by atoms with Crippen LogP contribution in [0.3, 0.4) is 0 Å². The molecule has 5 nitrogen and oxygen atoms in total. The van der Waals surface area contributed by atoms with Gasteiger partial charge in [0, 0.05) is 13.0 Å². The Hall–Kier alpha value is -1.88. The summed E-state index contributed by atoms with van der Waals surface area (Å²) in [5.74, 6) is 0.296. The van der Waals surface area contributed by atoms with Crippen LogP contribution in [0.15, 0.2) is 24.3 Å². The van der Waals surface area contributed by atoms with E-state index in [1.165, 1.54) is 0 Å². The monoisotopic (exact) mass is 317 g/mol. The summed E-state index contributed by atoms with van der Waals surface area (Å²) < 4.78 is 0. The highest BCUT2D eigenvalue weighted by molar-refractivity contribution is 6.03. The molecule has 0 aromatic heterocycles. The van der Waals surface area contributed by atoms with Gasteiger partial charge < -0.3 is 15.5 Å². The van der Waals surface area contributed by atoms with Gasteiger partial charge in [0.1, 0.15) is 0 Å². The maximum Gasteiger partial charge on any atom is 0.253 e. The number of carbonyl (C=O) groups excluding carboxylic acids is 2. The average molecular weight is 317 g/mol. The Morgan fingerprint density at radius 1 is 1.22 bits per heavy atom. The predicted molar refractivity (Wildman–Crippen MR) is 92.5 cm³/mol. The zero-order valence-electron chi connectivity index (χ0n) is 14.1. The standard InChI is InChI=1S/C18H27N3O2/c1-3-10-19-18(23)15-6-4-5-7-16(15)20-17(22)13-14-8-11-21(2)12-9-14/h4-7,14H,3,8-13H2,1-2H3,(H,19,23)(H,20,22). The van der Waals surface area contributed by atoms with Crippen molar-refractivity contribution < 1.29 is 9.59 Å². The highest BCUT2D eigenvalue weighted by atomic mass is 16.2. The van der Waals surface area contributed by atoms with Crippen molar-refractivity contribution in [2.24, 2.45) is 5.92 Å². The molecule has 0 atom stereocenters. The van der Waals surface area contributed by atoms with Gasteiger partial charge >= 0.3 is 0 Å². The molecule has 0 aliphatic carbocycles. The molecule has 1 fully saturated rings. The second-order valence-corrected chi connectivity index (χ2v) is 6.30. The third kappa shape index (κ3) is 5.36. The number of rotatable bonds is 6. The second kappa shape index (κ2) is 8.67.